The fourth-order valence-corrected chi connectivity index (χ4v) is 6.72. The van der Waals surface area contributed by atoms with Gasteiger partial charge in [0.05, 0.1) is 31.8 Å². The molecule has 6 heteroatoms. The molecule has 2 aliphatic rings. The lowest BCUT2D eigenvalue weighted by Crippen LogP contribution is -2.52. The van der Waals surface area contributed by atoms with Crippen molar-refractivity contribution in [1.29, 1.82) is 0 Å². The predicted molar refractivity (Wildman–Crippen MR) is 191 cm³/mol. The molecule has 2 aromatic rings. The van der Waals surface area contributed by atoms with E-state index in [-0.39, 0.29) is 51.5 Å². The van der Waals surface area contributed by atoms with Crippen molar-refractivity contribution in [3.63, 3.8) is 0 Å². The van der Waals surface area contributed by atoms with Gasteiger partial charge in [-0.05, 0) is 66.9 Å². The van der Waals surface area contributed by atoms with Gasteiger partial charge in [-0.15, -0.1) is 0 Å². The van der Waals surface area contributed by atoms with Crippen LogP contribution in [0.3, 0.4) is 0 Å². The third kappa shape index (κ3) is 8.73. The largest absolute Gasteiger partial charge is 0.507 e. The van der Waals surface area contributed by atoms with Crippen molar-refractivity contribution in [3.8, 4) is 11.5 Å². The van der Waals surface area contributed by atoms with E-state index < -0.39 is 0 Å². The summed E-state index contributed by atoms with van der Waals surface area (Å²) in [4.78, 5) is 0. The Labute approximate surface area is 285 Å². The van der Waals surface area contributed by atoms with Crippen LogP contribution in [-0.4, -0.2) is 49.2 Å². The number of aromatic hydroxyl groups is 2. The van der Waals surface area contributed by atoms with Gasteiger partial charge in [-0.25, -0.2) is 0 Å². The molecule has 2 aliphatic heterocycles. The van der Waals surface area contributed by atoms with Gasteiger partial charge >= 0.3 is 0 Å². The van der Waals surface area contributed by atoms with E-state index in [0.29, 0.717) is 37.9 Å². The molecule has 2 N–H and O–H groups in total. The van der Waals surface area contributed by atoms with Gasteiger partial charge < -0.3 is 29.2 Å². The third-order valence-corrected chi connectivity index (χ3v) is 10.0. The zero-order chi connectivity index (χ0) is 35.3. The van der Waals surface area contributed by atoms with Crippen molar-refractivity contribution < 1.29 is 29.2 Å². The molecule has 0 amide bonds. The molecule has 0 radical (unpaired) electrons. The van der Waals surface area contributed by atoms with Crippen LogP contribution in [0.4, 0.5) is 0 Å². The van der Waals surface area contributed by atoms with Gasteiger partial charge in [-0.1, -0.05) is 121 Å². The Morgan fingerprint density at radius 3 is 0.979 bits per heavy atom. The molecule has 4 rings (SSSR count). The highest BCUT2D eigenvalue weighted by molar-refractivity contribution is 5.51. The van der Waals surface area contributed by atoms with E-state index in [0.717, 1.165) is 35.1 Å². The molecule has 264 valence electrons. The lowest BCUT2D eigenvalue weighted by molar-refractivity contribution is -0.304. The molecular formula is C41H64O6. The Bertz CT molecular complexity index is 1200. The maximum absolute atomic E-state index is 11.2. The van der Waals surface area contributed by atoms with Gasteiger partial charge in [0.15, 0.2) is 12.6 Å². The minimum absolute atomic E-state index is 0.171. The van der Waals surface area contributed by atoms with Crippen LogP contribution in [0.1, 0.15) is 155 Å². The lowest BCUT2D eigenvalue weighted by atomic mass is 9.77. The zero-order valence-corrected chi connectivity index (χ0v) is 31.9. The molecule has 6 nitrogen and oxygen atoms in total. The standard InChI is InChI=1S/C41H64O6/c1-25(27-17-29(37(3,4)5)35(42)30(18-27)38(6,7)8)15-33-44-21-41(22-45-33)23-46-34(47-24-41)16-26(2)28-19-31(39(9,10)11)36(43)32(20-28)40(12,13)14/h17-20,25-26,33-34,42-43H,15-16,21-24H2,1-14H3. The number of hydrogen-bond acceptors (Lipinski definition) is 6. The molecule has 2 unspecified atom stereocenters. The summed E-state index contributed by atoms with van der Waals surface area (Å²) >= 11 is 0. The molecule has 2 heterocycles. The first-order valence-corrected chi connectivity index (χ1v) is 17.6. The van der Waals surface area contributed by atoms with E-state index >= 15 is 0 Å². The molecule has 0 aliphatic carbocycles. The van der Waals surface area contributed by atoms with Crippen LogP contribution in [0.25, 0.3) is 0 Å². The van der Waals surface area contributed by atoms with Crippen LogP contribution in [0, 0.1) is 5.41 Å². The van der Waals surface area contributed by atoms with Gasteiger partial charge in [-0.3, -0.25) is 0 Å². The van der Waals surface area contributed by atoms with Crippen molar-refractivity contribution in [3.05, 3.63) is 57.6 Å². The maximum Gasteiger partial charge on any atom is 0.158 e. The number of phenols is 2. The molecule has 1 spiro atoms. The number of ether oxygens (including phenoxy) is 4. The van der Waals surface area contributed by atoms with Gasteiger partial charge in [0.1, 0.15) is 11.5 Å². The topological polar surface area (TPSA) is 77.4 Å². The summed E-state index contributed by atoms with van der Waals surface area (Å²) in [6.07, 6.45) is 0.856. The zero-order valence-electron chi connectivity index (χ0n) is 31.9. The van der Waals surface area contributed by atoms with Gasteiger partial charge in [0.25, 0.3) is 0 Å². The van der Waals surface area contributed by atoms with Gasteiger partial charge in [0, 0.05) is 12.8 Å². The molecule has 2 fully saturated rings. The Kier molecular flexibility index (Phi) is 10.7. The first-order valence-electron chi connectivity index (χ1n) is 17.6. The minimum atomic E-state index is -0.311. The van der Waals surface area contributed by atoms with E-state index in [9.17, 15) is 10.2 Å². The van der Waals surface area contributed by atoms with E-state index in [2.05, 4.69) is 121 Å². The van der Waals surface area contributed by atoms with Crippen molar-refractivity contribution in [2.24, 2.45) is 5.41 Å². The minimum Gasteiger partial charge on any atom is -0.507 e. The van der Waals surface area contributed by atoms with Gasteiger partial charge in [0.2, 0.25) is 0 Å². The van der Waals surface area contributed by atoms with E-state index in [4.69, 9.17) is 18.9 Å². The summed E-state index contributed by atoms with van der Waals surface area (Å²) in [6.45, 7) is 32.3. The summed E-state index contributed by atoms with van der Waals surface area (Å²) in [7, 11) is 0. The highest BCUT2D eigenvalue weighted by Crippen LogP contribution is 2.44. The Morgan fingerprint density at radius 1 is 0.532 bits per heavy atom. The Morgan fingerprint density at radius 2 is 0.766 bits per heavy atom. The average molecular weight is 653 g/mol. The number of benzene rings is 2. The third-order valence-electron chi connectivity index (χ3n) is 10.0. The number of hydrogen-bond donors (Lipinski definition) is 2. The summed E-state index contributed by atoms with van der Waals surface area (Å²) in [5.41, 5.74) is 5.31. The summed E-state index contributed by atoms with van der Waals surface area (Å²) in [5, 5.41) is 22.3. The molecule has 2 atom stereocenters. The summed E-state index contributed by atoms with van der Waals surface area (Å²) < 4.78 is 25.3. The monoisotopic (exact) mass is 652 g/mol. The van der Waals surface area contributed by atoms with Gasteiger partial charge in [-0.2, -0.15) is 0 Å². The SMILES string of the molecule is CC(CC1OCC2(CO1)COC(CC(C)c1cc(C(C)(C)C)c(O)c(C(C)(C)C)c1)OC2)c1cc(C(C)(C)C)c(O)c(C(C)(C)C)c1. The Hall–Kier alpha value is -2.12. The van der Waals surface area contributed by atoms with Crippen LogP contribution >= 0.6 is 0 Å². The van der Waals surface area contributed by atoms with Crippen molar-refractivity contribution in [2.75, 3.05) is 26.4 Å². The van der Waals surface area contributed by atoms with E-state index in [1.54, 1.807) is 0 Å². The fraction of sp³-hybridized carbons (Fsp3) is 0.707. The molecule has 0 saturated carbocycles. The van der Waals surface area contributed by atoms with Crippen molar-refractivity contribution in [1.82, 2.24) is 0 Å². The molecule has 0 aromatic heterocycles. The lowest BCUT2D eigenvalue weighted by Gasteiger charge is -2.44. The van der Waals surface area contributed by atoms with E-state index in [1.807, 2.05) is 0 Å². The van der Waals surface area contributed by atoms with Crippen LogP contribution in [-0.2, 0) is 40.6 Å². The number of rotatable bonds is 6. The normalized spacial score (nSPS) is 24.4. The molecule has 0 bridgehead atoms. The second-order valence-electron chi connectivity index (χ2n) is 18.8. The second-order valence-corrected chi connectivity index (χ2v) is 18.8. The van der Waals surface area contributed by atoms with Crippen LogP contribution in [0.15, 0.2) is 24.3 Å². The van der Waals surface area contributed by atoms with E-state index in [1.165, 1.54) is 11.1 Å². The molecule has 2 saturated heterocycles. The van der Waals surface area contributed by atoms with Crippen molar-refractivity contribution in [2.45, 2.75) is 156 Å². The number of phenolic OH excluding ortho intramolecular Hbond substituents is 2. The summed E-state index contributed by atoms with van der Waals surface area (Å²) in [6, 6.07) is 8.65. The highest BCUT2D eigenvalue weighted by Gasteiger charge is 2.43. The smallest absolute Gasteiger partial charge is 0.158 e. The quantitative estimate of drug-likeness (QED) is 0.324. The predicted octanol–water partition coefficient (Wildman–Crippen LogP) is 9.71. The van der Waals surface area contributed by atoms with Crippen LogP contribution in [0.5, 0.6) is 11.5 Å². The first-order chi connectivity index (χ1) is 21.4. The van der Waals surface area contributed by atoms with Crippen LogP contribution in [0.2, 0.25) is 0 Å². The average Bonchev–Trinajstić information content (AvgIpc) is 2.93. The first kappa shape index (κ1) is 37.7. The molecular weight excluding hydrogens is 588 g/mol. The molecule has 2 aromatic carbocycles. The summed E-state index contributed by atoms with van der Waals surface area (Å²) in [5.74, 6) is 1.20. The Balaban J connectivity index is 1.36. The fourth-order valence-electron chi connectivity index (χ4n) is 6.72. The van der Waals surface area contributed by atoms with Crippen molar-refractivity contribution >= 4 is 0 Å². The maximum atomic E-state index is 11.2. The highest BCUT2D eigenvalue weighted by atomic mass is 16.7. The molecule has 47 heavy (non-hydrogen) atoms. The van der Waals surface area contributed by atoms with Crippen LogP contribution < -0.4 is 0 Å². The second kappa shape index (κ2) is 13.3.